The van der Waals surface area contributed by atoms with Gasteiger partial charge in [0.25, 0.3) is 0 Å². The van der Waals surface area contributed by atoms with E-state index in [1.54, 1.807) is 30.3 Å². The summed E-state index contributed by atoms with van der Waals surface area (Å²) >= 11 is 0. The highest BCUT2D eigenvalue weighted by Gasteiger charge is 2.12. The molecule has 136 valence electrons. The van der Waals surface area contributed by atoms with Gasteiger partial charge in [0.15, 0.2) is 15.8 Å². The van der Waals surface area contributed by atoms with Crippen molar-refractivity contribution in [1.82, 2.24) is 0 Å². The largest absolute Gasteiger partial charge is 0.370 e. The average Bonchev–Trinajstić information content (AvgIpc) is 2.60. The van der Waals surface area contributed by atoms with Gasteiger partial charge in [-0.15, -0.1) is 24.0 Å². The number of nitrogens with zero attached hydrogens (tertiary/aromatic N) is 1. The Balaban J connectivity index is 0.00000312. The smallest absolute Gasteiger partial charge is 0.193 e. The molecule has 25 heavy (non-hydrogen) atoms. The van der Waals surface area contributed by atoms with E-state index < -0.39 is 9.84 Å². The molecule has 0 radical (unpaired) electrons. The standard InChI is InChI=1S/C18H23N3O2S.HI/c1-2-15-9-11-16(12-10-15)21-18(19)20-13-6-14-24(22,23)17-7-4-3-5-8-17;/h3-5,7-12H,2,6,13-14H2,1H3,(H3,19,20,21);1H. The summed E-state index contributed by atoms with van der Waals surface area (Å²) in [5, 5.41) is 3.00. The first-order valence-corrected chi connectivity index (χ1v) is 9.60. The molecule has 2 aromatic rings. The number of benzene rings is 2. The molecular weight excluding hydrogens is 449 g/mol. The molecule has 0 saturated carbocycles. The van der Waals surface area contributed by atoms with Crippen LogP contribution >= 0.6 is 24.0 Å². The van der Waals surface area contributed by atoms with Gasteiger partial charge in [-0.3, -0.25) is 4.99 Å². The second-order valence-electron chi connectivity index (χ2n) is 5.43. The third-order valence-corrected chi connectivity index (χ3v) is 5.41. The summed E-state index contributed by atoms with van der Waals surface area (Å²) in [4.78, 5) is 4.52. The van der Waals surface area contributed by atoms with Gasteiger partial charge in [0, 0.05) is 12.2 Å². The second kappa shape index (κ2) is 10.4. The Morgan fingerprint density at radius 3 is 2.32 bits per heavy atom. The Morgan fingerprint density at radius 1 is 1.08 bits per heavy atom. The minimum absolute atomic E-state index is 0. The molecule has 0 saturated heterocycles. The maximum absolute atomic E-state index is 12.1. The third-order valence-electron chi connectivity index (χ3n) is 3.59. The van der Waals surface area contributed by atoms with Gasteiger partial charge >= 0.3 is 0 Å². The van der Waals surface area contributed by atoms with Crippen molar-refractivity contribution in [3.05, 3.63) is 60.2 Å². The van der Waals surface area contributed by atoms with Crippen LogP contribution in [0.4, 0.5) is 5.69 Å². The van der Waals surface area contributed by atoms with E-state index in [1.807, 2.05) is 24.3 Å². The molecule has 0 aliphatic carbocycles. The van der Waals surface area contributed by atoms with E-state index >= 15 is 0 Å². The minimum Gasteiger partial charge on any atom is -0.370 e. The Hall–Kier alpha value is -1.61. The fourth-order valence-corrected chi connectivity index (χ4v) is 3.53. The van der Waals surface area contributed by atoms with Crippen molar-refractivity contribution in [2.75, 3.05) is 17.6 Å². The molecule has 0 spiro atoms. The van der Waals surface area contributed by atoms with Crippen LogP contribution in [0.2, 0.25) is 0 Å². The van der Waals surface area contributed by atoms with Gasteiger partial charge in [-0.05, 0) is 42.7 Å². The number of guanidine groups is 1. The number of hydrogen-bond donors (Lipinski definition) is 2. The molecule has 0 heterocycles. The van der Waals surface area contributed by atoms with Crippen LogP contribution in [0.25, 0.3) is 0 Å². The lowest BCUT2D eigenvalue weighted by molar-refractivity contribution is 0.593. The fourth-order valence-electron chi connectivity index (χ4n) is 2.21. The molecule has 0 aliphatic heterocycles. The molecule has 0 atom stereocenters. The van der Waals surface area contributed by atoms with Crippen molar-refractivity contribution in [3.8, 4) is 0 Å². The molecule has 0 unspecified atom stereocenters. The number of nitrogens with one attached hydrogen (secondary N) is 1. The third kappa shape index (κ3) is 7.03. The van der Waals surface area contributed by atoms with Crippen molar-refractivity contribution in [3.63, 3.8) is 0 Å². The summed E-state index contributed by atoms with van der Waals surface area (Å²) in [6, 6.07) is 16.4. The molecule has 0 bridgehead atoms. The van der Waals surface area contributed by atoms with Crippen molar-refractivity contribution in [2.24, 2.45) is 10.7 Å². The highest BCUT2D eigenvalue weighted by Crippen LogP contribution is 2.11. The highest BCUT2D eigenvalue weighted by atomic mass is 127. The SMILES string of the molecule is CCc1ccc(NC(N)=NCCCS(=O)(=O)c2ccccc2)cc1.I. The molecular formula is C18H24IN3O2S. The molecule has 0 aromatic heterocycles. The maximum Gasteiger partial charge on any atom is 0.193 e. The molecule has 3 N–H and O–H groups in total. The minimum atomic E-state index is -3.26. The van der Waals surface area contributed by atoms with Gasteiger partial charge in [-0.2, -0.15) is 0 Å². The van der Waals surface area contributed by atoms with Gasteiger partial charge in [-0.25, -0.2) is 8.42 Å². The zero-order valence-electron chi connectivity index (χ0n) is 14.2. The Morgan fingerprint density at radius 2 is 1.72 bits per heavy atom. The zero-order chi connectivity index (χ0) is 17.4. The van der Waals surface area contributed by atoms with E-state index in [2.05, 4.69) is 17.2 Å². The van der Waals surface area contributed by atoms with Gasteiger partial charge in [0.2, 0.25) is 0 Å². The van der Waals surface area contributed by atoms with Gasteiger partial charge < -0.3 is 11.1 Å². The highest BCUT2D eigenvalue weighted by molar-refractivity contribution is 14.0. The second-order valence-corrected chi connectivity index (χ2v) is 7.54. The van der Waals surface area contributed by atoms with E-state index in [0.29, 0.717) is 17.9 Å². The lowest BCUT2D eigenvalue weighted by Gasteiger charge is -2.07. The summed E-state index contributed by atoms with van der Waals surface area (Å²) in [6.07, 6.45) is 1.41. The molecule has 5 nitrogen and oxygen atoms in total. The topological polar surface area (TPSA) is 84.5 Å². The number of aliphatic imine (C=N–C) groups is 1. The number of halogens is 1. The first-order valence-electron chi connectivity index (χ1n) is 7.95. The van der Waals surface area contributed by atoms with Crippen molar-refractivity contribution in [2.45, 2.75) is 24.7 Å². The van der Waals surface area contributed by atoms with Crippen LogP contribution in [0.15, 0.2) is 64.5 Å². The van der Waals surface area contributed by atoms with Crippen LogP contribution in [0.1, 0.15) is 18.9 Å². The molecule has 2 aromatic carbocycles. The van der Waals surface area contributed by atoms with Crippen LogP contribution in [0.3, 0.4) is 0 Å². The van der Waals surface area contributed by atoms with Crippen LogP contribution in [-0.4, -0.2) is 26.7 Å². The number of hydrogen-bond acceptors (Lipinski definition) is 3. The number of sulfone groups is 1. The van der Waals surface area contributed by atoms with E-state index in [0.717, 1.165) is 12.1 Å². The number of anilines is 1. The Labute approximate surface area is 166 Å². The lowest BCUT2D eigenvalue weighted by atomic mass is 10.1. The lowest BCUT2D eigenvalue weighted by Crippen LogP contribution is -2.23. The Bertz CT molecular complexity index is 776. The van der Waals surface area contributed by atoms with E-state index in [1.165, 1.54) is 5.56 Å². The zero-order valence-corrected chi connectivity index (χ0v) is 17.3. The predicted octanol–water partition coefficient (Wildman–Crippen LogP) is 3.46. The quantitative estimate of drug-likeness (QED) is 0.279. The summed E-state index contributed by atoms with van der Waals surface area (Å²) in [6.45, 7) is 2.46. The van der Waals surface area contributed by atoms with E-state index in [4.69, 9.17) is 5.73 Å². The normalized spacial score (nSPS) is 11.6. The summed E-state index contributed by atoms with van der Waals surface area (Å²) < 4.78 is 24.3. The molecule has 0 amide bonds. The van der Waals surface area contributed by atoms with Gasteiger partial charge in [-0.1, -0.05) is 37.3 Å². The first kappa shape index (κ1) is 21.4. The van der Waals surface area contributed by atoms with E-state index in [9.17, 15) is 8.42 Å². The molecule has 2 rings (SSSR count). The summed E-state index contributed by atoms with van der Waals surface area (Å²) in [7, 11) is -3.26. The first-order chi connectivity index (χ1) is 11.5. The van der Waals surface area contributed by atoms with Crippen molar-refractivity contribution in [1.29, 1.82) is 0 Å². The van der Waals surface area contributed by atoms with Crippen LogP contribution in [-0.2, 0) is 16.3 Å². The monoisotopic (exact) mass is 473 g/mol. The molecule has 0 fully saturated rings. The van der Waals surface area contributed by atoms with Gasteiger partial charge in [0.1, 0.15) is 0 Å². The number of aryl methyl sites for hydroxylation is 1. The van der Waals surface area contributed by atoms with Crippen LogP contribution in [0, 0.1) is 0 Å². The predicted molar refractivity (Wildman–Crippen MR) is 114 cm³/mol. The van der Waals surface area contributed by atoms with Crippen molar-refractivity contribution >= 4 is 45.5 Å². The average molecular weight is 473 g/mol. The number of nitrogens with two attached hydrogens (primary N) is 1. The maximum atomic E-state index is 12.1. The summed E-state index contributed by atoms with van der Waals surface area (Å²) in [5.41, 5.74) is 7.94. The number of rotatable bonds is 7. The molecule has 7 heteroatoms. The Kier molecular flexibility index (Phi) is 8.91. The summed E-state index contributed by atoms with van der Waals surface area (Å²) in [5.74, 6) is 0.343. The molecule has 0 aliphatic rings. The fraction of sp³-hybridized carbons (Fsp3) is 0.278. The van der Waals surface area contributed by atoms with Crippen molar-refractivity contribution < 1.29 is 8.42 Å². The van der Waals surface area contributed by atoms with Gasteiger partial charge in [0.05, 0.1) is 10.6 Å². The van der Waals surface area contributed by atoms with Crippen LogP contribution in [0.5, 0.6) is 0 Å². The van der Waals surface area contributed by atoms with Crippen LogP contribution < -0.4 is 11.1 Å². The van der Waals surface area contributed by atoms with E-state index in [-0.39, 0.29) is 35.7 Å².